The lowest BCUT2D eigenvalue weighted by molar-refractivity contribution is 0.188. The second-order valence-electron chi connectivity index (χ2n) is 3.91. The fraction of sp³-hybridized carbons (Fsp3) is 0.538. The molecule has 1 N–H and O–H groups in total. The third kappa shape index (κ3) is 4.62. The predicted molar refractivity (Wildman–Crippen MR) is 68.9 cm³/mol. The highest BCUT2D eigenvalue weighted by Gasteiger charge is 2.14. The molecule has 0 saturated heterocycles. The van der Waals surface area contributed by atoms with Crippen LogP contribution in [0.4, 0.5) is 4.39 Å². The van der Waals surface area contributed by atoms with E-state index in [1.54, 1.807) is 19.2 Å². The molecule has 17 heavy (non-hydrogen) atoms. The van der Waals surface area contributed by atoms with Crippen LogP contribution in [0.15, 0.2) is 18.2 Å². The predicted octanol–water partition coefficient (Wildman–Crippen LogP) is 3.56. The molecule has 2 nitrogen and oxygen atoms in total. The van der Waals surface area contributed by atoms with Crippen molar-refractivity contribution in [3.05, 3.63) is 34.6 Å². The molecule has 0 aromatic heterocycles. The average molecular weight is 260 g/mol. The van der Waals surface area contributed by atoms with Crippen LogP contribution in [0.5, 0.6) is 0 Å². The van der Waals surface area contributed by atoms with Gasteiger partial charge in [0.05, 0.1) is 0 Å². The van der Waals surface area contributed by atoms with Gasteiger partial charge in [0.25, 0.3) is 0 Å². The molecule has 0 bridgehead atoms. The van der Waals surface area contributed by atoms with Crippen LogP contribution in [0.25, 0.3) is 0 Å². The Balaban J connectivity index is 2.74. The van der Waals surface area contributed by atoms with Crippen LogP contribution < -0.4 is 5.32 Å². The minimum atomic E-state index is -0.249. The molecule has 1 rings (SSSR count). The van der Waals surface area contributed by atoms with Gasteiger partial charge in [0, 0.05) is 30.3 Å². The lowest BCUT2D eigenvalue weighted by Gasteiger charge is -2.19. The van der Waals surface area contributed by atoms with Gasteiger partial charge >= 0.3 is 0 Å². The van der Waals surface area contributed by atoms with Gasteiger partial charge in [0.2, 0.25) is 0 Å². The van der Waals surface area contributed by atoms with Crippen molar-refractivity contribution in [2.45, 2.75) is 25.8 Å². The highest BCUT2D eigenvalue weighted by Crippen LogP contribution is 2.24. The number of halogens is 2. The van der Waals surface area contributed by atoms with E-state index in [0.717, 1.165) is 19.4 Å². The Labute approximate surface area is 107 Å². The van der Waals surface area contributed by atoms with E-state index in [4.69, 9.17) is 16.3 Å². The monoisotopic (exact) mass is 259 g/mol. The Hall–Kier alpha value is -0.640. The highest BCUT2D eigenvalue weighted by atomic mass is 35.5. The minimum Gasteiger partial charge on any atom is -0.385 e. The van der Waals surface area contributed by atoms with Crippen molar-refractivity contribution < 1.29 is 9.13 Å². The van der Waals surface area contributed by atoms with E-state index in [1.807, 2.05) is 6.92 Å². The molecular formula is C13H19ClFNO. The normalized spacial score (nSPS) is 12.7. The summed E-state index contributed by atoms with van der Waals surface area (Å²) in [6.07, 6.45) is 1.75. The Kier molecular flexibility index (Phi) is 6.48. The van der Waals surface area contributed by atoms with Gasteiger partial charge in [0.1, 0.15) is 5.82 Å². The van der Waals surface area contributed by atoms with Gasteiger partial charge in [-0.1, -0.05) is 24.6 Å². The van der Waals surface area contributed by atoms with Crippen molar-refractivity contribution in [2.75, 3.05) is 20.3 Å². The van der Waals surface area contributed by atoms with Crippen molar-refractivity contribution in [2.24, 2.45) is 0 Å². The quantitative estimate of drug-likeness (QED) is 0.756. The van der Waals surface area contributed by atoms with Crippen molar-refractivity contribution in [3.8, 4) is 0 Å². The fourth-order valence-corrected chi connectivity index (χ4v) is 1.99. The van der Waals surface area contributed by atoms with Gasteiger partial charge in [-0.05, 0) is 31.5 Å². The van der Waals surface area contributed by atoms with Crippen molar-refractivity contribution in [1.82, 2.24) is 5.32 Å². The molecule has 1 aromatic carbocycles. The van der Waals surface area contributed by atoms with E-state index in [1.165, 1.54) is 6.07 Å². The second-order valence-corrected chi connectivity index (χ2v) is 4.35. The van der Waals surface area contributed by atoms with E-state index in [0.29, 0.717) is 17.2 Å². The van der Waals surface area contributed by atoms with Gasteiger partial charge in [-0.15, -0.1) is 0 Å². The number of ether oxygens (including phenoxy) is 1. The molecule has 0 aliphatic carbocycles. The molecule has 1 atom stereocenters. The maximum absolute atomic E-state index is 13.8. The van der Waals surface area contributed by atoms with Crippen LogP contribution in [0.3, 0.4) is 0 Å². The number of hydrogen-bond acceptors (Lipinski definition) is 2. The molecule has 4 heteroatoms. The summed E-state index contributed by atoms with van der Waals surface area (Å²) in [5.41, 5.74) is 0.673. The molecule has 0 heterocycles. The Morgan fingerprint density at radius 2 is 2.24 bits per heavy atom. The standard InChI is InChI=1S/C13H19ClFNO/c1-3-16-13(5-4-8-17-2)11-7-6-10(14)9-12(11)15/h6-7,9,13,16H,3-5,8H2,1-2H3. The van der Waals surface area contributed by atoms with Gasteiger partial charge in [-0.2, -0.15) is 0 Å². The molecule has 0 spiro atoms. The fourth-order valence-electron chi connectivity index (χ4n) is 1.83. The van der Waals surface area contributed by atoms with Crippen LogP contribution in [-0.2, 0) is 4.74 Å². The van der Waals surface area contributed by atoms with E-state index < -0.39 is 0 Å². The summed E-state index contributed by atoms with van der Waals surface area (Å²) in [4.78, 5) is 0. The van der Waals surface area contributed by atoms with Crippen molar-refractivity contribution >= 4 is 11.6 Å². The number of nitrogens with one attached hydrogen (secondary N) is 1. The molecule has 96 valence electrons. The summed E-state index contributed by atoms with van der Waals surface area (Å²) < 4.78 is 18.8. The second kappa shape index (κ2) is 7.64. The third-order valence-electron chi connectivity index (χ3n) is 2.63. The highest BCUT2D eigenvalue weighted by molar-refractivity contribution is 6.30. The number of hydrogen-bond donors (Lipinski definition) is 1. The lowest BCUT2D eigenvalue weighted by atomic mass is 10.0. The van der Waals surface area contributed by atoms with Crippen LogP contribution in [0.1, 0.15) is 31.4 Å². The van der Waals surface area contributed by atoms with Crippen LogP contribution in [0, 0.1) is 5.82 Å². The van der Waals surface area contributed by atoms with Crippen LogP contribution >= 0.6 is 11.6 Å². The molecule has 0 aliphatic heterocycles. The molecule has 1 aromatic rings. The SMILES string of the molecule is CCNC(CCCOC)c1ccc(Cl)cc1F. The Morgan fingerprint density at radius 3 is 2.82 bits per heavy atom. The maximum Gasteiger partial charge on any atom is 0.129 e. The molecular weight excluding hydrogens is 241 g/mol. The Bertz CT molecular complexity index is 346. The number of benzene rings is 1. The summed E-state index contributed by atoms with van der Waals surface area (Å²) in [5, 5.41) is 3.71. The summed E-state index contributed by atoms with van der Waals surface area (Å²) in [6, 6.07) is 4.85. The first-order valence-electron chi connectivity index (χ1n) is 5.86. The number of methoxy groups -OCH3 is 1. The van der Waals surface area contributed by atoms with Gasteiger partial charge in [0.15, 0.2) is 0 Å². The topological polar surface area (TPSA) is 21.3 Å². The summed E-state index contributed by atoms with van der Waals surface area (Å²) in [6.45, 7) is 3.51. The van der Waals surface area contributed by atoms with Gasteiger partial charge < -0.3 is 10.1 Å². The van der Waals surface area contributed by atoms with E-state index in [9.17, 15) is 4.39 Å². The van der Waals surface area contributed by atoms with Crippen LogP contribution in [0.2, 0.25) is 5.02 Å². The average Bonchev–Trinajstić information content (AvgIpc) is 2.28. The van der Waals surface area contributed by atoms with Gasteiger partial charge in [-0.3, -0.25) is 0 Å². The number of rotatable bonds is 7. The zero-order valence-corrected chi connectivity index (χ0v) is 11.1. The van der Waals surface area contributed by atoms with Crippen LogP contribution in [-0.4, -0.2) is 20.3 Å². The van der Waals surface area contributed by atoms with E-state index >= 15 is 0 Å². The molecule has 0 saturated carbocycles. The zero-order valence-electron chi connectivity index (χ0n) is 10.3. The Morgan fingerprint density at radius 1 is 1.47 bits per heavy atom. The third-order valence-corrected chi connectivity index (χ3v) is 2.86. The van der Waals surface area contributed by atoms with E-state index in [2.05, 4.69) is 5.32 Å². The zero-order chi connectivity index (χ0) is 12.7. The van der Waals surface area contributed by atoms with Gasteiger partial charge in [-0.25, -0.2) is 4.39 Å². The molecule has 0 amide bonds. The maximum atomic E-state index is 13.8. The first-order chi connectivity index (χ1) is 8.19. The minimum absolute atomic E-state index is 0.0208. The van der Waals surface area contributed by atoms with Crippen molar-refractivity contribution in [1.29, 1.82) is 0 Å². The molecule has 0 radical (unpaired) electrons. The first-order valence-corrected chi connectivity index (χ1v) is 6.24. The summed E-state index contributed by atoms with van der Waals surface area (Å²) in [5.74, 6) is -0.249. The lowest BCUT2D eigenvalue weighted by Crippen LogP contribution is -2.22. The smallest absolute Gasteiger partial charge is 0.129 e. The molecule has 1 unspecified atom stereocenters. The first kappa shape index (κ1) is 14.4. The molecule has 0 fully saturated rings. The van der Waals surface area contributed by atoms with Crippen molar-refractivity contribution in [3.63, 3.8) is 0 Å². The molecule has 0 aliphatic rings. The van der Waals surface area contributed by atoms with E-state index in [-0.39, 0.29) is 11.9 Å². The summed E-state index contributed by atoms with van der Waals surface area (Å²) >= 11 is 5.75. The summed E-state index contributed by atoms with van der Waals surface area (Å²) in [7, 11) is 1.67. The largest absolute Gasteiger partial charge is 0.385 e.